The molecule has 0 aromatic rings. The number of ether oxygens (including phenoxy) is 2. The van der Waals surface area contributed by atoms with E-state index in [0.29, 0.717) is 13.2 Å². The van der Waals surface area contributed by atoms with Crippen molar-refractivity contribution in [2.75, 3.05) is 13.2 Å². The van der Waals surface area contributed by atoms with Gasteiger partial charge in [-0.05, 0) is 26.7 Å². The number of hydrogen-bond acceptors (Lipinski definition) is 4. The van der Waals surface area contributed by atoms with E-state index in [9.17, 15) is 9.59 Å². The molecule has 0 bridgehead atoms. The summed E-state index contributed by atoms with van der Waals surface area (Å²) in [7, 11) is 0. The second-order valence-electron chi connectivity index (χ2n) is 3.85. The highest BCUT2D eigenvalue weighted by Crippen LogP contribution is 2.21. The summed E-state index contributed by atoms with van der Waals surface area (Å²) in [6, 6.07) is 0. The fourth-order valence-electron chi connectivity index (χ4n) is 1.79. The van der Waals surface area contributed by atoms with E-state index >= 15 is 0 Å². The van der Waals surface area contributed by atoms with Gasteiger partial charge >= 0.3 is 11.9 Å². The van der Waals surface area contributed by atoms with E-state index in [1.54, 1.807) is 13.8 Å². The van der Waals surface area contributed by atoms with Gasteiger partial charge in [0.2, 0.25) is 0 Å². The molecule has 1 unspecified atom stereocenters. The average molecular weight is 256 g/mol. The van der Waals surface area contributed by atoms with Crippen molar-refractivity contribution in [2.24, 2.45) is 5.92 Å². The van der Waals surface area contributed by atoms with Gasteiger partial charge in [0, 0.05) is 0 Å². The Balaban J connectivity index is 4.86. The van der Waals surface area contributed by atoms with Crippen molar-refractivity contribution in [3.8, 4) is 0 Å². The van der Waals surface area contributed by atoms with Crippen LogP contribution in [-0.2, 0) is 19.1 Å². The number of hydrogen-bond donors (Lipinski definition) is 0. The maximum atomic E-state index is 11.9. The third-order valence-electron chi connectivity index (χ3n) is 2.57. The van der Waals surface area contributed by atoms with E-state index in [0.717, 1.165) is 18.4 Å². The number of carbonyl (C=O) groups excluding carboxylic acids is 2. The Kier molecular flexibility index (Phi) is 8.97. The minimum Gasteiger partial charge on any atom is -0.466 e. The Morgan fingerprint density at radius 2 is 1.67 bits per heavy atom. The van der Waals surface area contributed by atoms with E-state index in [1.165, 1.54) is 0 Å². The Labute approximate surface area is 109 Å². The lowest BCUT2D eigenvalue weighted by Crippen LogP contribution is -2.24. The minimum absolute atomic E-state index is 0.0619. The average Bonchev–Trinajstić information content (AvgIpc) is 2.34. The van der Waals surface area contributed by atoms with Crippen LogP contribution in [0, 0.1) is 5.92 Å². The van der Waals surface area contributed by atoms with E-state index in [-0.39, 0.29) is 18.4 Å². The Morgan fingerprint density at radius 1 is 1.06 bits per heavy atom. The van der Waals surface area contributed by atoms with E-state index in [4.69, 9.17) is 9.47 Å². The number of allylic oxidation sites excluding steroid dienone is 1. The van der Waals surface area contributed by atoms with Gasteiger partial charge in [-0.1, -0.05) is 25.5 Å². The van der Waals surface area contributed by atoms with Gasteiger partial charge in [-0.25, -0.2) is 0 Å². The first-order valence-electron chi connectivity index (χ1n) is 6.61. The molecule has 0 spiro atoms. The Hall–Kier alpha value is -1.32. The highest BCUT2D eigenvalue weighted by atomic mass is 16.5. The first-order valence-corrected chi connectivity index (χ1v) is 6.61. The summed E-state index contributed by atoms with van der Waals surface area (Å²) < 4.78 is 9.92. The minimum atomic E-state index is -0.506. The summed E-state index contributed by atoms with van der Waals surface area (Å²) in [6.45, 7) is 8.13. The zero-order valence-electron chi connectivity index (χ0n) is 11.8. The lowest BCUT2D eigenvalue weighted by Gasteiger charge is -2.17. The lowest BCUT2D eigenvalue weighted by atomic mass is 9.92. The predicted molar refractivity (Wildman–Crippen MR) is 70.0 cm³/mol. The van der Waals surface area contributed by atoms with Crippen LogP contribution in [0.15, 0.2) is 11.6 Å². The number of carbonyl (C=O) groups is 2. The van der Waals surface area contributed by atoms with Crippen molar-refractivity contribution in [3.63, 3.8) is 0 Å². The fraction of sp³-hybridized carbons (Fsp3) is 0.714. The molecule has 1 atom stereocenters. The zero-order valence-corrected chi connectivity index (χ0v) is 11.8. The second-order valence-corrected chi connectivity index (χ2v) is 3.85. The Morgan fingerprint density at radius 3 is 2.11 bits per heavy atom. The zero-order chi connectivity index (χ0) is 14.0. The van der Waals surface area contributed by atoms with Gasteiger partial charge in [-0.3, -0.25) is 9.59 Å². The molecule has 0 heterocycles. The molecule has 0 radical (unpaired) electrons. The van der Waals surface area contributed by atoms with E-state index in [1.807, 2.05) is 19.9 Å². The molecule has 0 aromatic carbocycles. The summed E-state index contributed by atoms with van der Waals surface area (Å²) in [6.07, 6.45) is 3.62. The molecule has 18 heavy (non-hydrogen) atoms. The van der Waals surface area contributed by atoms with E-state index in [2.05, 4.69) is 0 Å². The molecule has 0 saturated carbocycles. The predicted octanol–water partition coefficient (Wildman–Crippen LogP) is 2.87. The summed E-state index contributed by atoms with van der Waals surface area (Å²) in [5.74, 6) is -1.20. The topological polar surface area (TPSA) is 52.6 Å². The maximum absolute atomic E-state index is 11.9. The molecule has 4 nitrogen and oxygen atoms in total. The molecule has 104 valence electrons. The van der Waals surface area contributed by atoms with Crippen molar-refractivity contribution in [3.05, 3.63) is 11.6 Å². The summed E-state index contributed by atoms with van der Waals surface area (Å²) in [5, 5.41) is 0. The van der Waals surface area contributed by atoms with Crippen molar-refractivity contribution < 1.29 is 19.1 Å². The first kappa shape index (κ1) is 16.7. The van der Waals surface area contributed by atoms with Gasteiger partial charge in [-0.2, -0.15) is 0 Å². The molecule has 0 rings (SSSR count). The fourth-order valence-corrected chi connectivity index (χ4v) is 1.79. The summed E-state index contributed by atoms with van der Waals surface area (Å²) >= 11 is 0. The van der Waals surface area contributed by atoms with Crippen molar-refractivity contribution in [1.29, 1.82) is 0 Å². The number of esters is 2. The van der Waals surface area contributed by atoms with Crippen LogP contribution in [0.2, 0.25) is 0 Å². The van der Waals surface area contributed by atoms with Gasteiger partial charge in [0.25, 0.3) is 0 Å². The van der Waals surface area contributed by atoms with Gasteiger partial charge < -0.3 is 9.47 Å². The molecule has 0 fully saturated rings. The normalized spacial score (nSPS) is 13.0. The highest BCUT2D eigenvalue weighted by Gasteiger charge is 2.26. The Bertz CT molecular complexity index is 294. The van der Waals surface area contributed by atoms with Gasteiger partial charge in [0.15, 0.2) is 0 Å². The SMILES string of the molecule is CCC=C(CC)C(CC(=O)OCC)C(=O)OCC. The summed E-state index contributed by atoms with van der Waals surface area (Å²) in [5.41, 5.74) is 0.948. The van der Waals surface area contributed by atoms with Crippen LogP contribution in [0.25, 0.3) is 0 Å². The molecule has 0 aliphatic heterocycles. The third-order valence-corrected chi connectivity index (χ3v) is 2.57. The van der Waals surface area contributed by atoms with Crippen LogP contribution >= 0.6 is 0 Å². The van der Waals surface area contributed by atoms with Crippen molar-refractivity contribution in [1.82, 2.24) is 0 Å². The number of rotatable bonds is 8. The molecule has 0 aliphatic rings. The molecule has 0 amide bonds. The second kappa shape index (κ2) is 9.68. The largest absolute Gasteiger partial charge is 0.466 e. The van der Waals surface area contributed by atoms with Crippen LogP contribution in [0.1, 0.15) is 47.0 Å². The first-order chi connectivity index (χ1) is 8.60. The maximum Gasteiger partial charge on any atom is 0.313 e. The standard InChI is InChI=1S/C14H24O4/c1-5-9-11(6-2)12(14(16)18-8-4)10-13(15)17-7-3/h9,12H,5-8,10H2,1-4H3. The monoisotopic (exact) mass is 256 g/mol. The molecule has 0 aliphatic carbocycles. The van der Waals surface area contributed by atoms with Crippen LogP contribution in [0.3, 0.4) is 0 Å². The van der Waals surface area contributed by atoms with Crippen LogP contribution in [-0.4, -0.2) is 25.2 Å². The van der Waals surface area contributed by atoms with Crippen LogP contribution in [0.5, 0.6) is 0 Å². The molecular weight excluding hydrogens is 232 g/mol. The summed E-state index contributed by atoms with van der Waals surface area (Å²) in [4.78, 5) is 23.4. The van der Waals surface area contributed by atoms with Crippen LogP contribution in [0.4, 0.5) is 0 Å². The van der Waals surface area contributed by atoms with Gasteiger partial charge in [0.05, 0.1) is 25.6 Å². The molecule has 0 saturated heterocycles. The lowest BCUT2D eigenvalue weighted by molar-refractivity contribution is -0.153. The molecule has 0 aromatic heterocycles. The third kappa shape index (κ3) is 5.84. The highest BCUT2D eigenvalue weighted by molar-refractivity contribution is 5.82. The molecule has 4 heteroatoms. The van der Waals surface area contributed by atoms with Gasteiger partial charge in [-0.15, -0.1) is 0 Å². The van der Waals surface area contributed by atoms with E-state index < -0.39 is 5.92 Å². The van der Waals surface area contributed by atoms with Crippen molar-refractivity contribution >= 4 is 11.9 Å². The van der Waals surface area contributed by atoms with Gasteiger partial charge in [0.1, 0.15) is 0 Å². The van der Waals surface area contributed by atoms with Crippen molar-refractivity contribution in [2.45, 2.75) is 47.0 Å². The molecular formula is C14H24O4. The quantitative estimate of drug-likeness (QED) is 0.495. The van der Waals surface area contributed by atoms with Crippen LogP contribution < -0.4 is 0 Å². The smallest absolute Gasteiger partial charge is 0.313 e. The molecule has 0 N–H and O–H groups in total.